The highest BCUT2D eigenvalue weighted by molar-refractivity contribution is 4.90. The summed E-state index contributed by atoms with van der Waals surface area (Å²) in [6, 6.07) is 0. The first kappa shape index (κ1) is 9.53. The summed E-state index contributed by atoms with van der Waals surface area (Å²) in [4.78, 5) is 0. The van der Waals surface area contributed by atoms with Crippen LogP contribution in [0.25, 0.3) is 0 Å². The second kappa shape index (κ2) is 3.08. The molecule has 10 heavy (non-hydrogen) atoms. The van der Waals surface area contributed by atoms with Gasteiger partial charge in [-0.25, -0.2) is 0 Å². The van der Waals surface area contributed by atoms with Crippen LogP contribution >= 0.6 is 0 Å². The van der Waals surface area contributed by atoms with Gasteiger partial charge < -0.3 is 0 Å². The fourth-order valence-electron chi connectivity index (χ4n) is 0.638. The molecule has 0 fully saturated rings. The van der Waals surface area contributed by atoms with Gasteiger partial charge in [0.05, 0.1) is 5.92 Å². The Labute approximate surface area is 58.7 Å². The van der Waals surface area contributed by atoms with Gasteiger partial charge in [0.2, 0.25) is 0 Å². The molecule has 0 aliphatic rings. The number of alkyl halides is 3. The summed E-state index contributed by atoms with van der Waals surface area (Å²) in [5.74, 6) is -1.26. The Bertz CT molecular complexity index is 123. The van der Waals surface area contributed by atoms with Crippen LogP contribution in [0.15, 0.2) is 12.2 Å². The molecule has 0 aromatic heterocycles. The SMILES string of the molecule is C=C(C)CC(C)C(F)(F)F. The van der Waals surface area contributed by atoms with Gasteiger partial charge in [-0.1, -0.05) is 12.5 Å². The van der Waals surface area contributed by atoms with E-state index < -0.39 is 12.1 Å². The number of hydrogen-bond donors (Lipinski definition) is 0. The van der Waals surface area contributed by atoms with Crippen LogP contribution in [0, 0.1) is 5.92 Å². The van der Waals surface area contributed by atoms with E-state index in [1.165, 1.54) is 0 Å². The quantitative estimate of drug-likeness (QED) is 0.533. The molecule has 3 heteroatoms. The van der Waals surface area contributed by atoms with Crippen LogP contribution in [0.4, 0.5) is 13.2 Å². The molecule has 0 saturated carbocycles. The summed E-state index contributed by atoms with van der Waals surface area (Å²) >= 11 is 0. The molecule has 0 aliphatic heterocycles. The fraction of sp³-hybridized carbons (Fsp3) is 0.714. The second-order valence-electron chi connectivity index (χ2n) is 2.60. The van der Waals surface area contributed by atoms with E-state index in [9.17, 15) is 13.2 Å². The zero-order valence-corrected chi connectivity index (χ0v) is 6.13. The van der Waals surface area contributed by atoms with Crippen molar-refractivity contribution in [2.45, 2.75) is 26.4 Å². The van der Waals surface area contributed by atoms with E-state index in [2.05, 4.69) is 6.58 Å². The van der Waals surface area contributed by atoms with Crippen molar-refractivity contribution in [3.63, 3.8) is 0 Å². The molecule has 0 nitrogen and oxygen atoms in total. The van der Waals surface area contributed by atoms with Crippen LogP contribution in [0.5, 0.6) is 0 Å². The minimum absolute atomic E-state index is 0.0312. The Morgan fingerprint density at radius 2 is 1.90 bits per heavy atom. The predicted molar refractivity (Wildman–Crippen MR) is 34.6 cm³/mol. The van der Waals surface area contributed by atoms with Gasteiger partial charge in [-0.15, -0.1) is 6.58 Å². The van der Waals surface area contributed by atoms with E-state index in [4.69, 9.17) is 0 Å². The number of rotatable bonds is 2. The zero-order chi connectivity index (χ0) is 8.36. The molecule has 0 aromatic rings. The smallest absolute Gasteiger partial charge is 0.171 e. The van der Waals surface area contributed by atoms with Crippen LogP contribution < -0.4 is 0 Å². The van der Waals surface area contributed by atoms with Crippen molar-refractivity contribution in [3.05, 3.63) is 12.2 Å². The maximum absolute atomic E-state index is 11.8. The van der Waals surface area contributed by atoms with E-state index in [0.717, 1.165) is 6.92 Å². The van der Waals surface area contributed by atoms with Gasteiger partial charge in [-0.05, 0) is 13.3 Å². The molecular weight excluding hydrogens is 141 g/mol. The molecule has 0 amide bonds. The Balaban J connectivity index is 3.85. The number of halogens is 3. The van der Waals surface area contributed by atoms with E-state index in [1.54, 1.807) is 6.92 Å². The third-order valence-electron chi connectivity index (χ3n) is 1.21. The fourth-order valence-corrected chi connectivity index (χ4v) is 0.638. The first-order chi connectivity index (χ1) is 4.34. The molecule has 0 heterocycles. The van der Waals surface area contributed by atoms with Gasteiger partial charge >= 0.3 is 6.18 Å². The average Bonchev–Trinajstić information content (AvgIpc) is 1.60. The van der Waals surface area contributed by atoms with Gasteiger partial charge in [0.15, 0.2) is 0 Å². The molecule has 0 bridgehead atoms. The molecule has 0 aliphatic carbocycles. The van der Waals surface area contributed by atoms with Crippen molar-refractivity contribution in [1.29, 1.82) is 0 Å². The van der Waals surface area contributed by atoms with Gasteiger partial charge in [-0.3, -0.25) is 0 Å². The predicted octanol–water partition coefficient (Wildman–Crippen LogP) is 3.15. The van der Waals surface area contributed by atoms with Crippen LogP contribution in [-0.4, -0.2) is 6.18 Å². The summed E-state index contributed by atoms with van der Waals surface area (Å²) in [5.41, 5.74) is 0.574. The maximum atomic E-state index is 11.8. The molecule has 60 valence electrons. The Morgan fingerprint density at radius 1 is 1.50 bits per heavy atom. The number of hydrogen-bond acceptors (Lipinski definition) is 0. The molecule has 0 radical (unpaired) electrons. The van der Waals surface area contributed by atoms with Crippen LogP contribution in [-0.2, 0) is 0 Å². The summed E-state index contributed by atoms with van der Waals surface area (Å²) < 4.78 is 35.3. The second-order valence-corrected chi connectivity index (χ2v) is 2.60. The monoisotopic (exact) mass is 152 g/mol. The van der Waals surface area contributed by atoms with Gasteiger partial charge in [-0.2, -0.15) is 13.2 Å². The van der Waals surface area contributed by atoms with Gasteiger partial charge in [0, 0.05) is 0 Å². The molecule has 0 aromatic carbocycles. The van der Waals surface area contributed by atoms with Crippen molar-refractivity contribution in [3.8, 4) is 0 Å². The van der Waals surface area contributed by atoms with Gasteiger partial charge in [0.25, 0.3) is 0 Å². The average molecular weight is 152 g/mol. The summed E-state index contributed by atoms with van der Waals surface area (Å²) in [6.07, 6.45) is -4.04. The van der Waals surface area contributed by atoms with E-state index in [-0.39, 0.29) is 6.42 Å². The lowest BCUT2D eigenvalue weighted by atomic mass is 10.0. The summed E-state index contributed by atoms with van der Waals surface area (Å²) in [7, 11) is 0. The van der Waals surface area contributed by atoms with Crippen molar-refractivity contribution >= 4 is 0 Å². The van der Waals surface area contributed by atoms with Crippen molar-refractivity contribution in [2.75, 3.05) is 0 Å². The lowest BCUT2D eigenvalue weighted by molar-refractivity contribution is -0.169. The Morgan fingerprint density at radius 3 is 2.00 bits per heavy atom. The van der Waals surface area contributed by atoms with Crippen LogP contribution in [0.1, 0.15) is 20.3 Å². The molecular formula is C7H11F3. The number of allylic oxidation sites excluding steroid dienone is 1. The molecule has 0 saturated heterocycles. The first-order valence-electron chi connectivity index (χ1n) is 3.05. The minimum atomic E-state index is -4.07. The van der Waals surface area contributed by atoms with Crippen molar-refractivity contribution in [1.82, 2.24) is 0 Å². The third-order valence-corrected chi connectivity index (χ3v) is 1.21. The largest absolute Gasteiger partial charge is 0.391 e. The Hall–Kier alpha value is -0.470. The molecule has 0 rings (SSSR count). The maximum Gasteiger partial charge on any atom is 0.391 e. The summed E-state index contributed by atoms with van der Waals surface area (Å²) in [6.45, 7) is 6.17. The molecule has 1 atom stereocenters. The van der Waals surface area contributed by atoms with Crippen molar-refractivity contribution in [2.24, 2.45) is 5.92 Å². The highest BCUT2D eigenvalue weighted by atomic mass is 19.4. The van der Waals surface area contributed by atoms with E-state index >= 15 is 0 Å². The third kappa shape index (κ3) is 3.54. The molecule has 0 N–H and O–H groups in total. The highest BCUT2D eigenvalue weighted by Crippen LogP contribution is 2.29. The summed E-state index contributed by atoms with van der Waals surface area (Å²) in [5, 5.41) is 0. The zero-order valence-electron chi connectivity index (χ0n) is 6.13. The van der Waals surface area contributed by atoms with Gasteiger partial charge in [0.1, 0.15) is 0 Å². The molecule has 0 spiro atoms. The van der Waals surface area contributed by atoms with E-state index in [1.807, 2.05) is 0 Å². The first-order valence-corrected chi connectivity index (χ1v) is 3.05. The van der Waals surface area contributed by atoms with Crippen molar-refractivity contribution < 1.29 is 13.2 Å². The van der Waals surface area contributed by atoms with Crippen LogP contribution in [0.3, 0.4) is 0 Å². The standard InChI is InChI=1S/C7H11F3/c1-5(2)4-6(3)7(8,9)10/h6H,1,4H2,2-3H3. The normalized spacial score (nSPS) is 14.9. The molecule has 1 unspecified atom stereocenters. The lowest BCUT2D eigenvalue weighted by Crippen LogP contribution is -2.19. The van der Waals surface area contributed by atoms with E-state index in [0.29, 0.717) is 5.57 Å². The topological polar surface area (TPSA) is 0 Å². The lowest BCUT2D eigenvalue weighted by Gasteiger charge is -2.14. The minimum Gasteiger partial charge on any atom is -0.171 e. The van der Waals surface area contributed by atoms with Crippen LogP contribution in [0.2, 0.25) is 0 Å². The highest BCUT2D eigenvalue weighted by Gasteiger charge is 2.35. The Kier molecular flexibility index (Phi) is 2.94.